The normalized spacial score (nSPS) is 10.2. The number of imidazole rings is 1. The largest absolute Gasteiger partial charge is 0.348 e. The van der Waals surface area contributed by atoms with E-state index in [9.17, 15) is 0 Å². The summed E-state index contributed by atoms with van der Waals surface area (Å²) in [5, 5.41) is 0. The maximum absolute atomic E-state index is 4.34. The Balaban J connectivity index is 0. The summed E-state index contributed by atoms with van der Waals surface area (Å²) in [4.78, 5) is 7.53. The summed E-state index contributed by atoms with van der Waals surface area (Å²) in [6.45, 7) is 12.0. The van der Waals surface area contributed by atoms with Crippen LogP contribution in [-0.2, 0) is 12.8 Å². The smallest absolute Gasteiger partial charge is 0.0929 e. The molecule has 1 aliphatic rings. The molecule has 0 fully saturated rings. The van der Waals surface area contributed by atoms with E-state index in [1.807, 2.05) is 41.5 Å². The van der Waals surface area contributed by atoms with E-state index in [4.69, 9.17) is 0 Å². The lowest BCUT2D eigenvalue weighted by Crippen LogP contribution is -2.02. The van der Waals surface area contributed by atoms with Crippen LogP contribution in [0.15, 0.2) is 30.6 Å². The zero-order valence-electron chi connectivity index (χ0n) is 13.2. The van der Waals surface area contributed by atoms with E-state index in [1.54, 1.807) is 6.33 Å². The van der Waals surface area contributed by atoms with Crippen LogP contribution < -0.4 is 0 Å². The van der Waals surface area contributed by atoms with Crippen LogP contribution in [0, 0.1) is 0 Å². The van der Waals surface area contributed by atoms with Crippen LogP contribution >= 0.6 is 0 Å². The Morgan fingerprint density at radius 2 is 1.58 bits per heavy atom. The lowest BCUT2D eigenvalue weighted by molar-refractivity contribution is 0.908. The molecule has 1 aliphatic carbocycles. The topological polar surface area (TPSA) is 28.7 Å². The first-order valence-corrected chi connectivity index (χ1v) is 7.55. The minimum Gasteiger partial charge on any atom is -0.348 e. The molecule has 1 aromatic heterocycles. The monoisotopic (exact) mass is 262 g/mol. The van der Waals surface area contributed by atoms with E-state index in [-0.39, 0.29) is 1.43 Å². The van der Waals surface area contributed by atoms with Crippen molar-refractivity contribution in [2.75, 3.05) is 0 Å². The first-order chi connectivity index (χ1) is 9.45. The van der Waals surface area contributed by atoms with Gasteiger partial charge in [-0.05, 0) is 18.4 Å². The Hall–Kier alpha value is -1.57. The number of benzene rings is 1. The summed E-state index contributed by atoms with van der Waals surface area (Å²) >= 11 is 0. The highest BCUT2D eigenvalue weighted by Gasteiger charge is 2.16. The van der Waals surface area contributed by atoms with E-state index >= 15 is 0 Å². The molecule has 2 aromatic rings. The summed E-state index contributed by atoms with van der Waals surface area (Å²) in [7, 11) is 0. The van der Waals surface area contributed by atoms with Gasteiger partial charge in [-0.15, -0.1) is 0 Å². The average molecular weight is 262 g/mol. The van der Waals surface area contributed by atoms with Crippen molar-refractivity contribution in [3.63, 3.8) is 0 Å². The zero-order valence-corrected chi connectivity index (χ0v) is 13.2. The molecule has 1 heterocycles. The Labute approximate surface area is 119 Å². The SMILES string of the molecule is CC.CC.CC.[HH].c1ccc2c(c1)CCc1[nH]cnc1-2. The van der Waals surface area contributed by atoms with Gasteiger partial charge in [-0.25, -0.2) is 4.98 Å². The minimum absolute atomic E-state index is 0. The molecule has 2 heteroatoms. The van der Waals surface area contributed by atoms with Crippen LogP contribution in [0.25, 0.3) is 11.3 Å². The summed E-state index contributed by atoms with van der Waals surface area (Å²) in [6.07, 6.45) is 4.00. The van der Waals surface area contributed by atoms with E-state index in [1.165, 1.54) is 16.8 Å². The fraction of sp³-hybridized carbons (Fsp3) is 0.471. The van der Waals surface area contributed by atoms with Crippen molar-refractivity contribution in [2.45, 2.75) is 54.4 Å². The molecule has 0 bridgehead atoms. The Morgan fingerprint density at radius 3 is 2.26 bits per heavy atom. The highest BCUT2D eigenvalue weighted by Crippen LogP contribution is 2.30. The molecular formula is C17H30N2. The zero-order chi connectivity index (χ0) is 14.7. The van der Waals surface area contributed by atoms with Gasteiger partial charge in [0.25, 0.3) is 0 Å². The summed E-state index contributed by atoms with van der Waals surface area (Å²) in [5.74, 6) is 0. The fourth-order valence-electron chi connectivity index (χ4n) is 1.97. The Morgan fingerprint density at radius 1 is 0.947 bits per heavy atom. The predicted octanol–water partition coefficient (Wildman–Crippen LogP) is 5.50. The molecule has 0 radical (unpaired) electrons. The molecule has 108 valence electrons. The van der Waals surface area contributed by atoms with Crippen molar-refractivity contribution in [1.82, 2.24) is 9.97 Å². The number of aryl methyl sites for hydroxylation is 2. The molecule has 0 saturated heterocycles. The van der Waals surface area contributed by atoms with Gasteiger partial charge in [0.2, 0.25) is 0 Å². The number of aromatic amines is 1. The van der Waals surface area contributed by atoms with E-state index < -0.39 is 0 Å². The van der Waals surface area contributed by atoms with Gasteiger partial charge >= 0.3 is 0 Å². The predicted molar refractivity (Wildman–Crippen MR) is 87.6 cm³/mol. The third-order valence-electron chi connectivity index (χ3n) is 2.64. The van der Waals surface area contributed by atoms with Gasteiger partial charge in [0.15, 0.2) is 0 Å². The number of fused-ring (bicyclic) bond motifs is 3. The first kappa shape index (κ1) is 17.4. The lowest BCUT2D eigenvalue weighted by atomic mass is 9.93. The number of hydrogen-bond acceptors (Lipinski definition) is 1. The summed E-state index contributed by atoms with van der Waals surface area (Å²) in [5.41, 5.74) is 5.13. The van der Waals surface area contributed by atoms with Crippen molar-refractivity contribution in [1.29, 1.82) is 0 Å². The first-order valence-electron chi connectivity index (χ1n) is 7.55. The lowest BCUT2D eigenvalue weighted by Gasteiger charge is -2.14. The Bertz CT molecular complexity index is 450. The minimum atomic E-state index is 0. The molecule has 3 rings (SSSR count). The molecule has 0 saturated carbocycles. The number of hydrogen-bond donors (Lipinski definition) is 1. The van der Waals surface area contributed by atoms with Crippen LogP contribution in [0.5, 0.6) is 0 Å². The molecule has 1 N–H and O–H groups in total. The van der Waals surface area contributed by atoms with Gasteiger partial charge < -0.3 is 4.98 Å². The second-order valence-electron chi connectivity index (χ2n) is 3.39. The standard InChI is InChI=1S/C11H10N2.3C2H6.H2/c1-2-4-9-8(3-1)5-6-10-11(9)13-7-12-10;3*1-2;/h1-4,7H,5-6H2,(H,12,13);3*1-2H3;1H. The van der Waals surface area contributed by atoms with Crippen LogP contribution in [0.3, 0.4) is 0 Å². The van der Waals surface area contributed by atoms with Gasteiger partial charge in [-0.1, -0.05) is 65.8 Å². The maximum atomic E-state index is 4.34. The Kier molecular flexibility index (Phi) is 9.51. The quantitative estimate of drug-likeness (QED) is 0.667. The van der Waals surface area contributed by atoms with Gasteiger partial charge in [-0.2, -0.15) is 0 Å². The molecule has 0 unspecified atom stereocenters. The number of nitrogens with one attached hydrogen (secondary N) is 1. The van der Waals surface area contributed by atoms with Crippen LogP contribution in [-0.4, -0.2) is 9.97 Å². The molecule has 1 aromatic carbocycles. The van der Waals surface area contributed by atoms with E-state index in [0.717, 1.165) is 18.5 Å². The molecule has 0 atom stereocenters. The van der Waals surface area contributed by atoms with Gasteiger partial charge in [-0.3, -0.25) is 0 Å². The molecule has 2 nitrogen and oxygen atoms in total. The average Bonchev–Trinajstić information content (AvgIpc) is 3.02. The highest BCUT2D eigenvalue weighted by molar-refractivity contribution is 5.68. The fourth-order valence-corrected chi connectivity index (χ4v) is 1.97. The van der Waals surface area contributed by atoms with Gasteiger partial charge in [0, 0.05) is 12.7 Å². The third kappa shape index (κ3) is 4.23. The number of aromatic nitrogens is 2. The van der Waals surface area contributed by atoms with Crippen LogP contribution in [0.4, 0.5) is 0 Å². The number of nitrogens with zero attached hydrogens (tertiary/aromatic N) is 1. The molecule has 0 spiro atoms. The number of H-pyrrole nitrogens is 1. The van der Waals surface area contributed by atoms with Crippen LogP contribution in [0.2, 0.25) is 0 Å². The maximum Gasteiger partial charge on any atom is 0.0929 e. The summed E-state index contributed by atoms with van der Waals surface area (Å²) < 4.78 is 0. The van der Waals surface area contributed by atoms with E-state index in [0.29, 0.717) is 0 Å². The van der Waals surface area contributed by atoms with Gasteiger partial charge in [0.05, 0.1) is 12.0 Å². The second-order valence-corrected chi connectivity index (χ2v) is 3.39. The molecule has 0 amide bonds. The van der Waals surface area contributed by atoms with Crippen molar-refractivity contribution >= 4 is 0 Å². The van der Waals surface area contributed by atoms with Crippen molar-refractivity contribution in [3.05, 3.63) is 41.9 Å². The molecule has 19 heavy (non-hydrogen) atoms. The van der Waals surface area contributed by atoms with Crippen molar-refractivity contribution in [2.24, 2.45) is 0 Å². The molecule has 0 aliphatic heterocycles. The third-order valence-corrected chi connectivity index (χ3v) is 2.64. The van der Waals surface area contributed by atoms with Crippen molar-refractivity contribution in [3.8, 4) is 11.3 Å². The molecular weight excluding hydrogens is 232 g/mol. The highest BCUT2D eigenvalue weighted by atomic mass is 14.9. The van der Waals surface area contributed by atoms with Gasteiger partial charge in [0.1, 0.15) is 0 Å². The van der Waals surface area contributed by atoms with Crippen LogP contribution in [0.1, 0.15) is 54.2 Å². The second kappa shape index (κ2) is 10.4. The summed E-state index contributed by atoms with van der Waals surface area (Å²) in [6, 6.07) is 8.50. The van der Waals surface area contributed by atoms with Crippen molar-refractivity contribution < 1.29 is 1.43 Å². The van der Waals surface area contributed by atoms with E-state index in [2.05, 4.69) is 34.2 Å². The number of rotatable bonds is 0.